The van der Waals surface area contributed by atoms with Crippen molar-refractivity contribution in [1.82, 2.24) is 0 Å². The van der Waals surface area contributed by atoms with Gasteiger partial charge in [0, 0.05) is 6.42 Å². The van der Waals surface area contributed by atoms with Gasteiger partial charge in [0.2, 0.25) is 0 Å². The van der Waals surface area contributed by atoms with Crippen LogP contribution in [0.3, 0.4) is 0 Å². The van der Waals surface area contributed by atoms with E-state index < -0.39 is 5.91 Å². The first kappa shape index (κ1) is 14.1. The van der Waals surface area contributed by atoms with Crippen molar-refractivity contribution in [3.8, 4) is 5.75 Å². The molecule has 0 aliphatic heterocycles. The van der Waals surface area contributed by atoms with Gasteiger partial charge in [-0.25, -0.2) is 0 Å². The summed E-state index contributed by atoms with van der Waals surface area (Å²) in [5.74, 6) is 0.0668. The number of primary amides is 1. The van der Waals surface area contributed by atoms with Crippen LogP contribution in [0, 0.1) is 0 Å². The van der Waals surface area contributed by atoms with Crippen LogP contribution in [0.2, 0.25) is 0 Å². The summed E-state index contributed by atoms with van der Waals surface area (Å²) in [6, 6.07) is 21.7. The summed E-state index contributed by atoms with van der Waals surface area (Å²) < 4.78 is 5.71. The molecule has 3 aromatic carbocycles. The van der Waals surface area contributed by atoms with E-state index in [9.17, 15) is 4.79 Å². The summed E-state index contributed by atoms with van der Waals surface area (Å²) >= 11 is 0. The van der Waals surface area contributed by atoms with Crippen LogP contribution in [0.15, 0.2) is 66.7 Å². The van der Waals surface area contributed by atoms with Gasteiger partial charge in [0.1, 0.15) is 5.75 Å². The number of fused-ring (bicyclic) bond motifs is 1. The summed E-state index contributed by atoms with van der Waals surface area (Å²) in [5.41, 5.74) is 6.96. The summed E-state index contributed by atoms with van der Waals surface area (Å²) in [4.78, 5) is 11.3. The zero-order chi connectivity index (χ0) is 15.4. The molecule has 0 heterocycles. The van der Waals surface area contributed by atoms with Crippen LogP contribution in [0.1, 0.15) is 15.9 Å². The van der Waals surface area contributed by atoms with Gasteiger partial charge in [-0.15, -0.1) is 0 Å². The third kappa shape index (κ3) is 3.09. The molecule has 0 aliphatic rings. The Kier molecular flexibility index (Phi) is 4.05. The first-order valence-electron chi connectivity index (χ1n) is 7.23. The monoisotopic (exact) mass is 291 g/mol. The molecular formula is C19H17NO2. The number of nitrogens with two attached hydrogens (primary N) is 1. The lowest BCUT2D eigenvalue weighted by molar-refractivity contribution is 0.0996. The molecule has 0 aromatic heterocycles. The van der Waals surface area contributed by atoms with Crippen molar-refractivity contribution >= 4 is 16.7 Å². The summed E-state index contributed by atoms with van der Waals surface area (Å²) in [5, 5.41) is 2.45. The molecule has 0 aliphatic carbocycles. The summed E-state index contributed by atoms with van der Waals surface area (Å²) in [6.45, 7) is 0.503. The van der Waals surface area contributed by atoms with Crippen LogP contribution in [0.25, 0.3) is 10.8 Å². The number of carbonyl (C=O) groups excluding carboxylic acids is 1. The molecule has 0 spiro atoms. The number of amides is 1. The molecule has 3 aromatic rings. The fourth-order valence-electron chi connectivity index (χ4n) is 2.47. The standard InChI is InChI=1S/C19H17NO2/c20-19(21)17-7-3-4-8-18(17)22-12-11-14-9-10-15-5-1-2-6-16(15)13-14/h1-10,13H,11-12H2,(H2,20,21). The Balaban J connectivity index is 1.68. The van der Waals surface area contributed by atoms with Gasteiger partial charge in [0.05, 0.1) is 12.2 Å². The predicted octanol–water partition coefficient (Wildman–Crippen LogP) is 3.56. The van der Waals surface area contributed by atoms with Gasteiger partial charge in [0.25, 0.3) is 5.91 Å². The first-order chi connectivity index (χ1) is 10.7. The van der Waals surface area contributed by atoms with E-state index in [-0.39, 0.29) is 0 Å². The van der Waals surface area contributed by atoms with Crippen molar-refractivity contribution in [3.63, 3.8) is 0 Å². The van der Waals surface area contributed by atoms with Crippen molar-refractivity contribution in [2.45, 2.75) is 6.42 Å². The van der Waals surface area contributed by atoms with Gasteiger partial charge in [0.15, 0.2) is 0 Å². The lowest BCUT2D eigenvalue weighted by atomic mass is 10.1. The highest BCUT2D eigenvalue weighted by Crippen LogP contribution is 2.19. The number of carbonyl (C=O) groups is 1. The second-order valence-electron chi connectivity index (χ2n) is 5.14. The van der Waals surface area contributed by atoms with E-state index in [1.165, 1.54) is 16.3 Å². The topological polar surface area (TPSA) is 52.3 Å². The zero-order valence-corrected chi connectivity index (χ0v) is 12.2. The Morgan fingerprint density at radius 3 is 2.45 bits per heavy atom. The third-order valence-corrected chi connectivity index (χ3v) is 3.61. The molecule has 110 valence electrons. The minimum atomic E-state index is -0.471. The number of benzene rings is 3. The lowest BCUT2D eigenvalue weighted by Crippen LogP contribution is -2.13. The number of hydrogen-bond acceptors (Lipinski definition) is 2. The van der Waals surface area contributed by atoms with Crippen LogP contribution in [-0.2, 0) is 6.42 Å². The molecule has 3 rings (SSSR count). The average Bonchev–Trinajstić information content (AvgIpc) is 2.55. The van der Waals surface area contributed by atoms with Crippen LogP contribution in [0.4, 0.5) is 0 Å². The van der Waals surface area contributed by atoms with Crippen LogP contribution in [-0.4, -0.2) is 12.5 Å². The molecule has 0 radical (unpaired) electrons. The maximum absolute atomic E-state index is 11.3. The highest BCUT2D eigenvalue weighted by molar-refractivity contribution is 5.95. The number of hydrogen-bond donors (Lipinski definition) is 1. The largest absolute Gasteiger partial charge is 0.492 e. The smallest absolute Gasteiger partial charge is 0.252 e. The Hall–Kier alpha value is -2.81. The normalized spacial score (nSPS) is 10.5. The van der Waals surface area contributed by atoms with E-state index in [0.717, 1.165) is 6.42 Å². The van der Waals surface area contributed by atoms with Gasteiger partial charge in [-0.3, -0.25) is 4.79 Å². The fraction of sp³-hybridized carbons (Fsp3) is 0.105. The molecule has 0 bridgehead atoms. The maximum atomic E-state index is 11.3. The number of ether oxygens (including phenoxy) is 1. The van der Waals surface area contributed by atoms with E-state index in [0.29, 0.717) is 17.9 Å². The highest BCUT2D eigenvalue weighted by Gasteiger charge is 2.08. The summed E-state index contributed by atoms with van der Waals surface area (Å²) in [6.07, 6.45) is 0.776. The molecule has 0 atom stereocenters. The van der Waals surface area contributed by atoms with E-state index in [2.05, 4.69) is 30.3 Å². The van der Waals surface area contributed by atoms with E-state index in [1.54, 1.807) is 18.2 Å². The minimum Gasteiger partial charge on any atom is -0.492 e. The van der Waals surface area contributed by atoms with Gasteiger partial charge in [-0.2, -0.15) is 0 Å². The van der Waals surface area contributed by atoms with Gasteiger partial charge < -0.3 is 10.5 Å². The Morgan fingerprint density at radius 1 is 0.909 bits per heavy atom. The molecular weight excluding hydrogens is 274 g/mol. The fourth-order valence-corrected chi connectivity index (χ4v) is 2.47. The SMILES string of the molecule is NC(=O)c1ccccc1OCCc1ccc2ccccc2c1. The molecule has 0 saturated heterocycles. The second kappa shape index (κ2) is 6.31. The number of rotatable bonds is 5. The van der Waals surface area contributed by atoms with Gasteiger partial charge in [-0.05, 0) is 28.5 Å². The zero-order valence-electron chi connectivity index (χ0n) is 12.2. The van der Waals surface area contributed by atoms with Crippen LogP contribution >= 0.6 is 0 Å². The lowest BCUT2D eigenvalue weighted by Gasteiger charge is -2.09. The molecule has 0 unspecified atom stereocenters. The molecule has 0 saturated carbocycles. The molecule has 2 N–H and O–H groups in total. The van der Waals surface area contributed by atoms with E-state index >= 15 is 0 Å². The Bertz CT molecular complexity index is 811. The molecule has 3 nitrogen and oxygen atoms in total. The first-order valence-corrected chi connectivity index (χ1v) is 7.23. The third-order valence-electron chi connectivity index (χ3n) is 3.61. The Labute approximate surface area is 129 Å². The maximum Gasteiger partial charge on any atom is 0.252 e. The highest BCUT2D eigenvalue weighted by atomic mass is 16.5. The van der Waals surface area contributed by atoms with Gasteiger partial charge in [-0.1, -0.05) is 54.6 Å². The number of para-hydroxylation sites is 1. The van der Waals surface area contributed by atoms with Crippen molar-refractivity contribution in [3.05, 3.63) is 77.9 Å². The average molecular weight is 291 g/mol. The quantitative estimate of drug-likeness (QED) is 0.781. The minimum absolute atomic E-state index is 0.418. The van der Waals surface area contributed by atoms with Crippen LogP contribution < -0.4 is 10.5 Å². The second-order valence-corrected chi connectivity index (χ2v) is 5.14. The van der Waals surface area contributed by atoms with Crippen molar-refractivity contribution in [2.75, 3.05) is 6.61 Å². The van der Waals surface area contributed by atoms with Crippen molar-refractivity contribution in [1.29, 1.82) is 0 Å². The molecule has 3 heteroatoms. The van der Waals surface area contributed by atoms with Crippen molar-refractivity contribution < 1.29 is 9.53 Å². The molecule has 22 heavy (non-hydrogen) atoms. The van der Waals surface area contributed by atoms with Gasteiger partial charge >= 0.3 is 0 Å². The van der Waals surface area contributed by atoms with Crippen LogP contribution in [0.5, 0.6) is 5.75 Å². The van der Waals surface area contributed by atoms with Crippen molar-refractivity contribution in [2.24, 2.45) is 5.73 Å². The molecule has 1 amide bonds. The Morgan fingerprint density at radius 2 is 1.64 bits per heavy atom. The summed E-state index contributed by atoms with van der Waals surface area (Å²) in [7, 11) is 0. The van der Waals surface area contributed by atoms with E-state index in [4.69, 9.17) is 10.5 Å². The predicted molar refractivity (Wildman–Crippen MR) is 88.1 cm³/mol. The van der Waals surface area contributed by atoms with E-state index in [1.807, 2.05) is 18.2 Å². The molecule has 0 fully saturated rings.